The summed E-state index contributed by atoms with van der Waals surface area (Å²) in [5.41, 5.74) is 21.6. The van der Waals surface area contributed by atoms with Crippen molar-refractivity contribution in [3.05, 3.63) is 345 Å². The smallest absolute Gasteiger partial charge is 0.238 e. The molecule has 0 atom stereocenters. The van der Waals surface area contributed by atoms with Crippen LogP contribution in [0.5, 0.6) is 0 Å². The van der Waals surface area contributed by atoms with E-state index >= 15 is 0 Å². The molecular formula is C102H61N9O3S3. The van der Waals surface area contributed by atoms with Crippen molar-refractivity contribution in [3.8, 4) is 62.7 Å². The number of aryl methyl sites for hydroxylation is 1. The van der Waals surface area contributed by atoms with E-state index in [4.69, 9.17) is 43.2 Å². The highest BCUT2D eigenvalue weighted by molar-refractivity contribution is 7.33. The molecule has 0 aliphatic heterocycles. The van der Waals surface area contributed by atoms with Gasteiger partial charge in [0.2, 0.25) is 23.6 Å². The fourth-order valence-electron chi connectivity index (χ4n) is 17.4. The van der Waals surface area contributed by atoms with Crippen LogP contribution in [0.15, 0.2) is 347 Å². The van der Waals surface area contributed by atoms with Crippen molar-refractivity contribution in [2.75, 3.05) is 0 Å². The fraction of sp³-hybridized carbons (Fsp3) is 0.0196. The van der Waals surface area contributed by atoms with E-state index in [1.54, 1.807) is 11.3 Å². The van der Waals surface area contributed by atoms with E-state index < -0.39 is 0 Å². The van der Waals surface area contributed by atoms with Gasteiger partial charge >= 0.3 is 0 Å². The predicted octanol–water partition coefficient (Wildman–Crippen LogP) is 28.5. The van der Waals surface area contributed by atoms with Gasteiger partial charge in [-0.3, -0.25) is 13.7 Å². The molecule has 550 valence electrons. The first-order valence-corrected chi connectivity index (χ1v) is 41.3. The Morgan fingerprint density at radius 2 is 0.744 bits per heavy atom. The van der Waals surface area contributed by atoms with Crippen LogP contribution in [0, 0.1) is 13.8 Å². The Kier molecular flexibility index (Phi) is 15.1. The number of rotatable bonds is 7. The van der Waals surface area contributed by atoms with Crippen LogP contribution in [0.4, 0.5) is 0 Å². The van der Waals surface area contributed by atoms with Crippen molar-refractivity contribution in [1.82, 2.24) is 43.6 Å². The van der Waals surface area contributed by atoms with E-state index in [-0.39, 0.29) is 0 Å². The monoisotopic (exact) mass is 1560 g/mol. The number of para-hydroxylation sites is 5. The number of hydrogen-bond acceptors (Lipinski definition) is 12. The summed E-state index contributed by atoms with van der Waals surface area (Å²) in [6, 6.07) is 114. The van der Waals surface area contributed by atoms with Gasteiger partial charge in [-0.2, -0.15) is 4.98 Å². The maximum absolute atomic E-state index is 6.64. The number of fused-ring (bicyclic) bond motifs is 26. The van der Waals surface area contributed by atoms with Crippen LogP contribution >= 0.6 is 34.0 Å². The van der Waals surface area contributed by atoms with Crippen LogP contribution in [0.25, 0.3) is 233 Å². The first-order valence-electron chi connectivity index (χ1n) is 38.9. The molecule has 0 bridgehead atoms. The second-order valence-corrected chi connectivity index (χ2v) is 32.7. The van der Waals surface area contributed by atoms with E-state index in [1.807, 2.05) is 95.6 Å². The third kappa shape index (κ3) is 10.5. The SMILES string of the molecule is Cc1c(C)n(-c2nc(-c3ccccc3)c3sc4c(ccc5c6ccccc6sc54)c3n2)c2ccccc12.c1ccc(-c2ccc3c(c2)c2ccccc2n3-c2nc(-c3ccccc3)c3c(n2)oc2c3ccc3c4ccccc4oc32)cc1.c1ccc(-c2nc(-n3ccc4ccccc43)nc3c2sc2c3ccc3c4ccccc4oc32)cc1. The Labute approximate surface area is 677 Å². The lowest BCUT2D eigenvalue weighted by molar-refractivity contribution is 0.624. The number of aromatic nitrogens is 9. The summed E-state index contributed by atoms with van der Waals surface area (Å²) in [6.45, 7) is 4.35. The molecule has 14 aromatic carbocycles. The van der Waals surface area contributed by atoms with Crippen LogP contribution in [-0.2, 0) is 0 Å². The molecule has 0 amide bonds. The van der Waals surface area contributed by atoms with E-state index in [1.165, 1.54) is 58.0 Å². The summed E-state index contributed by atoms with van der Waals surface area (Å²) in [4.78, 5) is 31.2. The molecule has 26 rings (SSSR count). The van der Waals surface area contributed by atoms with E-state index in [0.29, 0.717) is 23.2 Å². The molecule has 12 nitrogen and oxygen atoms in total. The van der Waals surface area contributed by atoms with Gasteiger partial charge in [0, 0.05) is 103 Å². The number of benzene rings is 14. The maximum atomic E-state index is 6.64. The van der Waals surface area contributed by atoms with Crippen molar-refractivity contribution < 1.29 is 13.3 Å². The third-order valence-corrected chi connectivity index (χ3v) is 26.8. The summed E-state index contributed by atoms with van der Waals surface area (Å²) in [7, 11) is 0. The Bertz CT molecular complexity index is 8560. The topological polar surface area (TPSA) is 132 Å². The minimum Gasteiger partial charge on any atom is -0.455 e. The van der Waals surface area contributed by atoms with Gasteiger partial charge in [0.15, 0.2) is 16.7 Å². The summed E-state index contributed by atoms with van der Waals surface area (Å²) >= 11 is 5.40. The Balaban J connectivity index is 0.000000101. The summed E-state index contributed by atoms with van der Waals surface area (Å²) in [5.74, 6) is 1.95. The standard InChI is InChI=1S/C40H23N3O2.C32H21N3S2.C30H17N3OS/c1-3-11-24(12-4-1)26-19-22-33-31(23-26)27-15-7-9-17-32(27)43(33)40-41-36(25-13-5-2-6-14-25)35-30-21-20-29-28-16-8-10-18-34(28)44-37(29)38(30)45-39(35)42-40;1-18-19(2)35(25-14-8-6-12-21(18)25)32-33-27(20-10-4-3-5-11-20)31-28(34-32)24-17-16-23-22-13-7-9-15-26(22)36-29(23)30(24)37-31;1-2-9-19(10-3-1)25-29-26(32-30(31-25)33-17-16-18-8-4-6-12-23(18)33)22-15-14-21-20-11-5-7-13-24(20)34-27(21)28(22)35-29/h1-23H;3-17H,1-2H3;1-17H. The van der Waals surface area contributed by atoms with Crippen molar-refractivity contribution in [2.45, 2.75) is 13.8 Å². The van der Waals surface area contributed by atoms with Crippen LogP contribution in [0.1, 0.15) is 11.3 Å². The molecule has 15 heteroatoms. The van der Waals surface area contributed by atoms with Crippen molar-refractivity contribution in [3.63, 3.8) is 0 Å². The van der Waals surface area contributed by atoms with Crippen LogP contribution in [0.2, 0.25) is 0 Å². The molecule has 0 fully saturated rings. The lowest BCUT2D eigenvalue weighted by Crippen LogP contribution is -2.04. The highest BCUT2D eigenvalue weighted by Gasteiger charge is 2.27. The summed E-state index contributed by atoms with van der Waals surface area (Å²) in [5, 5.41) is 15.8. The van der Waals surface area contributed by atoms with Gasteiger partial charge in [-0.1, -0.05) is 255 Å². The maximum Gasteiger partial charge on any atom is 0.238 e. The van der Waals surface area contributed by atoms with E-state index in [9.17, 15) is 0 Å². The molecule has 0 N–H and O–H groups in total. The minimum absolute atomic E-state index is 0.522. The van der Waals surface area contributed by atoms with Gasteiger partial charge in [-0.15, -0.1) is 34.0 Å². The molecule has 0 radical (unpaired) electrons. The van der Waals surface area contributed by atoms with Crippen LogP contribution < -0.4 is 0 Å². The lowest BCUT2D eigenvalue weighted by Gasteiger charge is -2.10. The van der Waals surface area contributed by atoms with Crippen molar-refractivity contribution >= 4 is 204 Å². The number of hydrogen-bond donors (Lipinski definition) is 0. The van der Waals surface area contributed by atoms with Gasteiger partial charge < -0.3 is 13.3 Å². The fourth-order valence-corrected chi connectivity index (χ4v) is 21.2. The molecule has 0 aliphatic carbocycles. The molecule has 117 heavy (non-hydrogen) atoms. The van der Waals surface area contributed by atoms with Crippen LogP contribution in [0.3, 0.4) is 0 Å². The van der Waals surface area contributed by atoms with Crippen molar-refractivity contribution in [2.24, 2.45) is 0 Å². The average molecular weight is 1560 g/mol. The average Bonchev–Trinajstić information content (AvgIpc) is 1.59. The second kappa shape index (κ2) is 26.4. The second-order valence-electron chi connectivity index (χ2n) is 29.6. The van der Waals surface area contributed by atoms with E-state index in [0.717, 1.165) is 163 Å². The molecule has 12 heterocycles. The molecule has 12 aromatic heterocycles. The van der Waals surface area contributed by atoms with Crippen molar-refractivity contribution in [1.29, 1.82) is 0 Å². The van der Waals surface area contributed by atoms with Crippen LogP contribution in [-0.4, -0.2) is 43.6 Å². The minimum atomic E-state index is 0.522. The first-order chi connectivity index (χ1) is 57.8. The Morgan fingerprint density at radius 3 is 1.44 bits per heavy atom. The molecule has 0 spiro atoms. The zero-order valence-corrected chi connectivity index (χ0v) is 65.2. The Morgan fingerprint density at radius 1 is 0.274 bits per heavy atom. The van der Waals surface area contributed by atoms with Gasteiger partial charge in [0.1, 0.15) is 11.2 Å². The molecule has 26 aromatic rings. The first kappa shape index (κ1) is 66.8. The molecule has 0 unspecified atom stereocenters. The van der Waals surface area contributed by atoms with Gasteiger partial charge in [-0.25, -0.2) is 24.9 Å². The van der Waals surface area contributed by atoms with Gasteiger partial charge in [0.25, 0.3) is 0 Å². The zero-order chi connectivity index (χ0) is 77.1. The van der Waals surface area contributed by atoms with Gasteiger partial charge in [0.05, 0.1) is 79.1 Å². The number of thiophene rings is 3. The summed E-state index contributed by atoms with van der Waals surface area (Å²) in [6.07, 6.45) is 2.05. The Hall–Kier alpha value is -14.7. The molecular weight excluding hydrogens is 1500 g/mol. The normalized spacial score (nSPS) is 12.0. The summed E-state index contributed by atoms with van der Waals surface area (Å²) < 4.78 is 33.1. The molecule has 0 saturated carbocycles. The predicted molar refractivity (Wildman–Crippen MR) is 486 cm³/mol. The largest absolute Gasteiger partial charge is 0.455 e. The van der Waals surface area contributed by atoms with E-state index in [2.05, 4.69) is 288 Å². The molecule has 0 aliphatic rings. The highest BCUT2D eigenvalue weighted by Crippen LogP contribution is 2.49. The quantitative estimate of drug-likeness (QED) is 0.153. The lowest BCUT2D eigenvalue weighted by atomic mass is 10.0. The zero-order valence-electron chi connectivity index (χ0n) is 62.7. The highest BCUT2D eigenvalue weighted by atomic mass is 32.1. The number of nitrogens with zero attached hydrogens (tertiary/aromatic N) is 9. The third-order valence-electron chi connectivity index (χ3n) is 23.0. The number of furan rings is 3. The van der Waals surface area contributed by atoms with Gasteiger partial charge in [-0.05, 0) is 103 Å². The molecule has 0 saturated heterocycles.